The number of nitrogens with one attached hydrogen (secondary N) is 1. The van der Waals surface area contributed by atoms with E-state index in [0.717, 1.165) is 22.3 Å². The fourth-order valence-electron chi connectivity index (χ4n) is 5.22. The first-order chi connectivity index (χ1) is 19.6. The van der Waals surface area contributed by atoms with Crippen LogP contribution in [0, 0.1) is 0 Å². The number of benzene rings is 2. The summed E-state index contributed by atoms with van der Waals surface area (Å²) in [5.74, 6) is -2.59. The van der Waals surface area contributed by atoms with E-state index in [1.54, 1.807) is 12.1 Å². The van der Waals surface area contributed by atoms with Gasteiger partial charge in [-0.1, -0.05) is 54.6 Å². The fourth-order valence-corrected chi connectivity index (χ4v) is 5.22. The van der Waals surface area contributed by atoms with E-state index < -0.39 is 30.3 Å². The number of carbonyl (C=O) groups excluding carboxylic acids is 2. The summed E-state index contributed by atoms with van der Waals surface area (Å²) in [6, 6.07) is 13.8. The third-order valence-electron chi connectivity index (χ3n) is 7.35. The molecule has 8 nitrogen and oxygen atoms in total. The summed E-state index contributed by atoms with van der Waals surface area (Å²) in [4.78, 5) is 27.0. The molecule has 4 atom stereocenters. The Morgan fingerprint density at radius 1 is 1.10 bits per heavy atom. The molecule has 2 amide bonds. The Kier molecular flexibility index (Phi) is 10.2. The average molecular weight is 576 g/mol. The molecule has 0 bridgehead atoms. The predicted molar refractivity (Wildman–Crippen MR) is 145 cm³/mol. The molecule has 2 saturated heterocycles. The highest BCUT2D eigenvalue weighted by Gasteiger charge is 2.47. The number of rotatable bonds is 10. The number of hydrogen-bond donors (Lipinski definition) is 2. The molecule has 0 aromatic heterocycles. The Labute approximate surface area is 237 Å². The first-order valence-electron chi connectivity index (χ1n) is 13.6. The smallest absolute Gasteiger partial charge is 0.392 e. The lowest BCUT2D eigenvalue weighted by Crippen LogP contribution is -2.50. The Balaban J connectivity index is 1.41. The van der Waals surface area contributed by atoms with Crippen LogP contribution in [0.25, 0.3) is 0 Å². The summed E-state index contributed by atoms with van der Waals surface area (Å²) in [7, 11) is 1.99. The minimum atomic E-state index is -5.01. The number of hydrogen-bond acceptors (Lipinski definition) is 6. The lowest BCUT2D eigenvalue weighted by atomic mass is 9.99. The Hall–Kier alpha value is -3.25. The van der Waals surface area contributed by atoms with E-state index in [-0.39, 0.29) is 38.3 Å². The molecule has 2 aromatic rings. The van der Waals surface area contributed by atoms with E-state index in [1.165, 1.54) is 0 Å². The molecule has 2 aromatic carbocycles. The molecule has 0 saturated carbocycles. The van der Waals surface area contributed by atoms with E-state index in [0.29, 0.717) is 30.8 Å². The number of halogens is 3. The van der Waals surface area contributed by atoms with Gasteiger partial charge < -0.3 is 29.7 Å². The molecule has 0 radical (unpaired) electrons. The van der Waals surface area contributed by atoms with Crippen LogP contribution in [-0.2, 0) is 32.2 Å². The first kappa shape index (κ1) is 30.7. The van der Waals surface area contributed by atoms with Crippen LogP contribution >= 0.6 is 0 Å². The van der Waals surface area contributed by atoms with Gasteiger partial charge in [-0.3, -0.25) is 9.59 Å². The zero-order valence-electron chi connectivity index (χ0n) is 23.0. The molecule has 0 spiro atoms. The molecule has 41 heavy (non-hydrogen) atoms. The maximum atomic E-state index is 12.9. The molecule has 0 aliphatic carbocycles. The molecule has 4 rings (SSSR count). The van der Waals surface area contributed by atoms with Crippen molar-refractivity contribution in [3.05, 3.63) is 83.4 Å². The van der Waals surface area contributed by atoms with Crippen molar-refractivity contribution in [2.24, 2.45) is 0 Å². The minimum Gasteiger partial charge on any atom is -0.392 e. The standard InChI is InChI=1S/C30H36F3N3O5/c1-3-14-35(2)18-24-16-26(22-10-8-21(19-37)9-11-22)41-28(40-24)23-12-6-20(7-13-23)17-34-27(38)25-5-4-15-36(25)29(39)30(31,32)33/h3,6-13,24-26,28,37H,1,4-5,14-19H2,2H3,(H,34,38). The maximum Gasteiger partial charge on any atom is 0.471 e. The summed E-state index contributed by atoms with van der Waals surface area (Å²) >= 11 is 0. The van der Waals surface area contributed by atoms with Gasteiger partial charge in [0, 0.05) is 38.2 Å². The third-order valence-corrected chi connectivity index (χ3v) is 7.35. The van der Waals surface area contributed by atoms with Crippen molar-refractivity contribution in [3.8, 4) is 0 Å². The lowest BCUT2D eigenvalue weighted by molar-refractivity contribution is -0.252. The highest BCUT2D eigenvalue weighted by molar-refractivity contribution is 5.90. The Morgan fingerprint density at radius 2 is 1.76 bits per heavy atom. The van der Waals surface area contributed by atoms with E-state index in [1.807, 2.05) is 49.5 Å². The van der Waals surface area contributed by atoms with Crippen molar-refractivity contribution >= 4 is 11.8 Å². The van der Waals surface area contributed by atoms with Crippen LogP contribution in [0.5, 0.6) is 0 Å². The molecule has 222 valence electrons. The molecule has 2 heterocycles. The van der Waals surface area contributed by atoms with Crippen LogP contribution in [0.2, 0.25) is 0 Å². The zero-order chi connectivity index (χ0) is 29.6. The number of alkyl halides is 3. The minimum absolute atomic E-state index is 0.0378. The number of ether oxygens (including phenoxy) is 2. The van der Waals surface area contributed by atoms with E-state index in [4.69, 9.17) is 9.47 Å². The third kappa shape index (κ3) is 7.94. The van der Waals surface area contributed by atoms with Gasteiger partial charge in [-0.2, -0.15) is 13.2 Å². The number of aliphatic hydroxyl groups is 1. The van der Waals surface area contributed by atoms with Crippen LogP contribution in [0.15, 0.2) is 61.2 Å². The second-order valence-electron chi connectivity index (χ2n) is 10.5. The molecular formula is C30H36F3N3O5. The molecule has 11 heteroatoms. The largest absolute Gasteiger partial charge is 0.471 e. The topological polar surface area (TPSA) is 91.3 Å². The van der Waals surface area contributed by atoms with Crippen molar-refractivity contribution in [2.45, 2.75) is 63.1 Å². The Bertz CT molecular complexity index is 1190. The second kappa shape index (κ2) is 13.6. The van der Waals surface area contributed by atoms with Gasteiger partial charge in [0.05, 0.1) is 18.8 Å². The molecule has 2 fully saturated rings. The van der Waals surface area contributed by atoms with Gasteiger partial charge in [0.25, 0.3) is 0 Å². The molecule has 2 aliphatic heterocycles. The number of nitrogens with zero attached hydrogens (tertiary/aromatic N) is 2. The van der Waals surface area contributed by atoms with Gasteiger partial charge in [0.1, 0.15) is 6.04 Å². The first-order valence-corrected chi connectivity index (χ1v) is 13.6. The quantitative estimate of drug-likeness (QED) is 0.416. The predicted octanol–water partition coefficient (Wildman–Crippen LogP) is 4.01. The van der Waals surface area contributed by atoms with E-state index in [9.17, 15) is 27.9 Å². The van der Waals surface area contributed by atoms with Crippen molar-refractivity contribution in [2.75, 3.05) is 26.7 Å². The van der Waals surface area contributed by atoms with Gasteiger partial charge in [0.2, 0.25) is 5.91 Å². The van der Waals surface area contributed by atoms with Gasteiger partial charge >= 0.3 is 12.1 Å². The molecular weight excluding hydrogens is 539 g/mol. The van der Waals surface area contributed by atoms with Crippen molar-refractivity contribution in [3.63, 3.8) is 0 Å². The van der Waals surface area contributed by atoms with E-state index in [2.05, 4.69) is 16.8 Å². The molecule has 4 unspecified atom stereocenters. The van der Waals surface area contributed by atoms with Gasteiger partial charge in [0.15, 0.2) is 6.29 Å². The highest BCUT2D eigenvalue weighted by atomic mass is 19.4. The van der Waals surface area contributed by atoms with Crippen LogP contribution in [0.3, 0.4) is 0 Å². The summed E-state index contributed by atoms with van der Waals surface area (Å²) in [6.45, 7) is 5.16. The van der Waals surface area contributed by atoms with Crippen molar-refractivity contribution < 1.29 is 37.3 Å². The summed E-state index contributed by atoms with van der Waals surface area (Å²) in [5.41, 5.74) is 3.32. The monoisotopic (exact) mass is 575 g/mol. The van der Waals surface area contributed by atoms with Gasteiger partial charge in [-0.15, -0.1) is 6.58 Å². The SMILES string of the molecule is C=CCN(C)CC1CC(c2ccc(CO)cc2)OC(c2ccc(CNC(=O)C3CCCN3C(=O)C(F)(F)F)cc2)O1. The van der Waals surface area contributed by atoms with Gasteiger partial charge in [-0.05, 0) is 36.6 Å². The summed E-state index contributed by atoms with van der Waals surface area (Å²) < 4.78 is 51.3. The lowest BCUT2D eigenvalue weighted by Gasteiger charge is -2.37. The zero-order valence-corrected chi connectivity index (χ0v) is 23.0. The molecule has 2 aliphatic rings. The maximum absolute atomic E-state index is 12.9. The normalized spacial score (nSPS) is 23.0. The summed E-state index contributed by atoms with van der Waals surface area (Å²) in [5, 5.41) is 12.0. The van der Waals surface area contributed by atoms with Crippen LogP contribution in [0.1, 0.15) is 53.9 Å². The summed E-state index contributed by atoms with van der Waals surface area (Å²) in [6.07, 6.45) is -2.98. The number of likely N-dealkylation sites (tertiary alicyclic amines) is 1. The highest BCUT2D eigenvalue weighted by Crippen LogP contribution is 2.38. The van der Waals surface area contributed by atoms with Crippen molar-refractivity contribution in [1.29, 1.82) is 0 Å². The second-order valence-corrected chi connectivity index (χ2v) is 10.5. The van der Waals surface area contributed by atoms with Crippen LogP contribution < -0.4 is 5.32 Å². The number of amides is 2. The Morgan fingerprint density at radius 3 is 2.39 bits per heavy atom. The van der Waals surface area contributed by atoms with Gasteiger partial charge in [-0.25, -0.2) is 0 Å². The number of carbonyl (C=O) groups is 2. The fraction of sp³-hybridized carbons (Fsp3) is 0.467. The number of likely N-dealkylation sites (N-methyl/N-ethyl adjacent to an activating group) is 1. The molecule has 2 N–H and O–H groups in total. The van der Waals surface area contributed by atoms with Crippen LogP contribution in [-0.4, -0.2) is 71.7 Å². The average Bonchev–Trinajstić information content (AvgIpc) is 3.45. The number of aliphatic hydroxyl groups excluding tert-OH is 1. The van der Waals surface area contributed by atoms with E-state index >= 15 is 0 Å². The van der Waals surface area contributed by atoms with Crippen LogP contribution in [0.4, 0.5) is 13.2 Å². The van der Waals surface area contributed by atoms with Crippen molar-refractivity contribution in [1.82, 2.24) is 15.1 Å².